The van der Waals surface area contributed by atoms with Crippen LogP contribution < -0.4 is 0 Å². The zero-order chi connectivity index (χ0) is 11.6. The van der Waals surface area contributed by atoms with Crippen LogP contribution in [-0.4, -0.2) is 44.9 Å². The number of aliphatic carboxylic acids is 2. The first-order valence-electron chi connectivity index (χ1n) is 3.93. The van der Waals surface area contributed by atoms with Crippen LogP contribution in [0.15, 0.2) is 12.2 Å². The van der Waals surface area contributed by atoms with E-state index >= 15 is 0 Å². The molecule has 1 unspecified atom stereocenters. The summed E-state index contributed by atoms with van der Waals surface area (Å²) in [6.45, 7) is 0. The quantitative estimate of drug-likeness (QED) is 0.569. The van der Waals surface area contributed by atoms with Crippen LogP contribution >= 0.6 is 0 Å². The van der Waals surface area contributed by atoms with Gasteiger partial charge >= 0.3 is 11.9 Å². The lowest BCUT2D eigenvalue weighted by Gasteiger charge is -2.20. The smallest absolute Gasteiger partial charge is 0.327 e. The van der Waals surface area contributed by atoms with Crippen LogP contribution in [0.4, 0.5) is 0 Å². The van der Waals surface area contributed by atoms with Crippen molar-refractivity contribution in [2.75, 3.05) is 0 Å². The standard InChI is InChI=1S/C8H7NO6/c10-5-1-2-6(11)9(5)4(8(14)15)3-7(12)13/h1-2,4H,3H2,(H,12,13)(H,14,15). The molecule has 0 aromatic heterocycles. The van der Waals surface area contributed by atoms with Gasteiger partial charge in [0, 0.05) is 12.2 Å². The van der Waals surface area contributed by atoms with Crippen LogP contribution in [0.25, 0.3) is 0 Å². The fourth-order valence-electron chi connectivity index (χ4n) is 1.17. The Labute approximate surface area is 83.6 Å². The summed E-state index contributed by atoms with van der Waals surface area (Å²) in [7, 11) is 0. The highest BCUT2D eigenvalue weighted by Gasteiger charge is 2.37. The van der Waals surface area contributed by atoms with Crippen molar-refractivity contribution in [2.24, 2.45) is 0 Å². The Kier molecular flexibility index (Phi) is 2.84. The predicted octanol–water partition coefficient (Wildman–Crippen LogP) is -1.16. The van der Waals surface area contributed by atoms with Crippen LogP contribution in [0, 0.1) is 0 Å². The molecule has 0 aliphatic carbocycles. The Hall–Kier alpha value is -2.18. The maximum atomic E-state index is 11.1. The van der Waals surface area contributed by atoms with Gasteiger partial charge in [0.1, 0.15) is 6.04 Å². The molecular weight excluding hydrogens is 206 g/mol. The molecule has 0 saturated carbocycles. The molecule has 2 N–H and O–H groups in total. The highest BCUT2D eigenvalue weighted by atomic mass is 16.4. The molecule has 1 heterocycles. The van der Waals surface area contributed by atoms with E-state index in [2.05, 4.69) is 0 Å². The summed E-state index contributed by atoms with van der Waals surface area (Å²) >= 11 is 0. The first-order chi connectivity index (χ1) is 6.93. The number of amides is 2. The van der Waals surface area contributed by atoms with Crippen LogP contribution in [-0.2, 0) is 19.2 Å². The van der Waals surface area contributed by atoms with E-state index in [1.165, 1.54) is 0 Å². The fraction of sp³-hybridized carbons (Fsp3) is 0.250. The molecule has 7 nitrogen and oxygen atoms in total. The van der Waals surface area contributed by atoms with Gasteiger partial charge in [-0.2, -0.15) is 0 Å². The molecule has 80 valence electrons. The van der Waals surface area contributed by atoms with Gasteiger partial charge in [0.15, 0.2) is 0 Å². The highest BCUT2D eigenvalue weighted by molar-refractivity contribution is 6.15. The summed E-state index contributed by atoms with van der Waals surface area (Å²) in [6.07, 6.45) is 0.995. The van der Waals surface area contributed by atoms with E-state index in [0.29, 0.717) is 4.90 Å². The van der Waals surface area contributed by atoms with Crippen LogP contribution in [0.2, 0.25) is 0 Å². The average molecular weight is 213 g/mol. The Bertz CT molecular complexity index is 353. The SMILES string of the molecule is O=C(O)CC(C(=O)O)N1C(=O)C=CC1=O. The molecule has 0 fully saturated rings. The second kappa shape index (κ2) is 3.91. The number of nitrogens with zero attached hydrogens (tertiary/aromatic N) is 1. The van der Waals surface area contributed by atoms with Crippen molar-refractivity contribution in [3.63, 3.8) is 0 Å². The number of carboxylic acids is 2. The van der Waals surface area contributed by atoms with Gasteiger partial charge < -0.3 is 10.2 Å². The topological polar surface area (TPSA) is 112 Å². The zero-order valence-electron chi connectivity index (χ0n) is 7.41. The van der Waals surface area contributed by atoms with Gasteiger partial charge in [-0.25, -0.2) is 4.79 Å². The minimum absolute atomic E-state index is 0.413. The third-order valence-corrected chi connectivity index (χ3v) is 1.81. The maximum absolute atomic E-state index is 11.1. The fourth-order valence-corrected chi connectivity index (χ4v) is 1.17. The molecule has 0 aromatic rings. The van der Waals surface area contributed by atoms with Crippen molar-refractivity contribution >= 4 is 23.8 Å². The Balaban J connectivity index is 2.90. The third kappa shape index (κ3) is 2.19. The average Bonchev–Trinajstić information content (AvgIpc) is 2.42. The number of carbonyl (C=O) groups is 4. The van der Waals surface area contributed by atoms with Crippen LogP contribution in [0.1, 0.15) is 6.42 Å². The van der Waals surface area contributed by atoms with E-state index in [0.717, 1.165) is 12.2 Å². The number of carboxylic acid groups (broad SMARTS) is 2. The number of hydrogen-bond acceptors (Lipinski definition) is 4. The highest BCUT2D eigenvalue weighted by Crippen LogP contribution is 2.12. The number of carbonyl (C=O) groups excluding carboxylic acids is 2. The Morgan fingerprint density at radius 3 is 2.00 bits per heavy atom. The van der Waals surface area contributed by atoms with E-state index < -0.39 is 36.2 Å². The summed E-state index contributed by atoms with van der Waals surface area (Å²) in [5.41, 5.74) is 0. The summed E-state index contributed by atoms with van der Waals surface area (Å²) in [5.74, 6) is -4.54. The second-order valence-electron chi connectivity index (χ2n) is 2.83. The number of rotatable bonds is 4. The molecule has 0 saturated heterocycles. The summed E-state index contributed by atoms with van der Waals surface area (Å²) < 4.78 is 0. The van der Waals surface area contributed by atoms with Crippen molar-refractivity contribution in [2.45, 2.75) is 12.5 Å². The largest absolute Gasteiger partial charge is 0.481 e. The van der Waals surface area contributed by atoms with Crippen molar-refractivity contribution in [1.82, 2.24) is 4.90 Å². The van der Waals surface area contributed by atoms with Gasteiger partial charge in [-0.3, -0.25) is 19.3 Å². The summed E-state index contributed by atoms with van der Waals surface area (Å²) in [5, 5.41) is 17.1. The maximum Gasteiger partial charge on any atom is 0.327 e. The first-order valence-corrected chi connectivity index (χ1v) is 3.93. The van der Waals surface area contributed by atoms with E-state index in [4.69, 9.17) is 10.2 Å². The molecule has 2 amide bonds. The monoisotopic (exact) mass is 213 g/mol. The van der Waals surface area contributed by atoms with Crippen LogP contribution in [0.5, 0.6) is 0 Å². The Morgan fingerprint density at radius 2 is 1.67 bits per heavy atom. The lowest BCUT2D eigenvalue weighted by atomic mass is 10.2. The van der Waals surface area contributed by atoms with Crippen molar-refractivity contribution in [1.29, 1.82) is 0 Å². The molecule has 15 heavy (non-hydrogen) atoms. The normalized spacial score (nSPS) is 16.9. The molecule has 1 aliphatic rings. The number of imide groups is 1. The molecule has 0 radical (unpaired) electrons. The van der Waals surface area contributed by atoms with Gasteiger partial charge in [-0.1, -0.05) is 0 Å². The van der Waals surface area contributed by atoms with Gasteiger partial charge in [0.25, 0.3) is 11.8 Å². The first kappa shape index (κ1) is 10.9. The van der Waals surface area contributed by atoms with E-state index in [-0.39, 0.29) is 0 Å². The zero-order valence-corrected chi connectivity index (χ0v) is 7.41. The van der Waals surface area contributed by atoms with Gasteiger partial charge in [-0.15, -0.1) is 0 Å². The third-order valence-electron chi connectivity index (χ3n) is 1.81. The molecule has 1 atom stereocenters. The van der Waals surface area contributed by atoms with Gasteiger partial charge in [0.05, 0.1) is 6.42 Å². The molecule has 7 heteroatoms. The molecule has 0 aromatic carbocycles. The van der Waals surface area contributed by atoms with Crippen molar-refractivity contribution in [3.8, 4) is 0 Å². The lowest BCUT2D eigenvalue weighted by Crippen LogP contribution is -2.46. The second-order valence-corrected chi connectivity index (χ2v) is 2.83. The van der Waals surface area contributed by atoms with Gasteiger partial charge in [-0.05, 0) is 0 Å². The molecule has 0 bridgehead atoms. The number of hydrogen-bond donors (Lipinski definition) is 2. The summed E-state index contributed by atoms with van der Waals surface area (Å²) in [6, 6.07) is -1.66. The van der Waals surface area contributed by atoms with Crippen LogP contribution in [0.3, 0.4) is 0 Å². The van der Waals surface area contributed by atoms with E-state index in [9.17, 15) is 19.2 Å². The van der Waals surface area contributed by atoms with Crippen molar-refractivity contribution in [3.05, 3.63) is 12.2 Å². The van der Waals surface area contributed by atoms with E-state index in [1.807, 2.05) is 0 Å². The predicted molar refractivity (Wildman–Crippen MR) is 44.7 cm³/mol. The summed E-state index contributed by atoms with van der Waals surface area (Å²) in [4.78, 5) is 43.6. The molecular formula is C8H7NO6. The molecule has 1 aliphatic heterocycles. The van der Waals surface area contributed by atoms with Crippen molar-refractivity contribution < 1.29 is 29.4 Å². The Morgan fingerprint density at radius 1 is 1.20 bits per heavy atom. The van der Waals surface area contributed by atoms with E-state index in [1.54, 1.807) is 0 Å². The van der Waals surface area contributed by atoms with Gasteiger partial charge in [0.2, 0.25) is 0 Å². The minimum atomic E-state index is -1.66. The lowest BCUT2D eigenvalue weighted by molar-refractivity contribution is -0.156. The molecule has 1 rings (SSSR count). The minimum Gasteiger partial charge on any atom is -0.481 e. The molecule has 0 spiro atoms.